The van der Waals surface area contributed by atoms with E-state index in [4.69, 9.17) is 4.74 Å². The minimum absolute atomic E-state index is 0.119. The van der Waals surface area contributed by atoms with Gasteiger partial charge in [0.1, 0.15) is 0 Å². The molecule has 0 N–H and O–H groups in total. The van der Waals surface area contributed by atoms with Gasteiger partial charge in [0.15, 0.2) is 0 Å². The molecular formula is C26H20F6OS2. The number of ether oxygens (including phenoxy) is 1. The molecule has 2 aromatic rings. The summed E-state index contributed by atoms with van der Waals surface area (Å²) in [5, 5.41) is 0. The van der Waals surface area contributed by atoms with Crippen LogP contribution >= 0.6 is 23.5 Å². The molecule has 1 saturated carbocycles. The van der Waals surface area contributed by atoms with E-state index in [1.165, 1.54) is 30.6 Å². The van der Waals surface area contributed by atoms with Crippen LogP contribution in [0.2, 0.25) is 0 Å². The number of hydrogen-bond acceptors (Lipinski definition) is 3. The van der Waals surface area contributed by atoms with E-state index < -0.39 is 44.3 Å². The highest BCUT2D eigenvalue weighted by Crippen LogP contribution is 2.79. The Morgan fingerprint density at radius 2 is 1.23 bits per heavy atom. The summed E-state index contributed by atoms with van der Waals surface area (Å²) in [6, 6.07) is 13.3. The van der Waals surface area contributed by atoms with Crippen LogP contribution in [0.3, 0.4) is 0 Å². The highest BCUT2D eigenvalue weighted by atomic mass is 32.2. The molecule has 2 heterocycles. The van der Waals surface area contributed by atoms with Gasteiger partial charge in [-0.05, 0) is 41.3 Å². The van der Waals surface area contributed by atoms with Crippen LogP contribution < -0.4 is 0 Å². The van der Waals surface area contributed by atoms with Gasteiger partial charge in [-0.1, -0.05) is 43.3 Å². The third kappa shape index (κ3) is 2.41. The van der Waals surface area contributed by atoms with Gasteiger partial charge in [0.2, 0.25) is 0 Å². The second-order valence-corrected chi connectivity index (χ2v) is 12.3. The lowest BCUT2D eigenvalue weighted by atomic mass is 9.63. The number of allylic oxidation sites excluding steroid dienone is 2. The molecule has 9 heteroatoms. The molecule has 0 amide bonds. The standard InChI is InChI=1S/C26H20F6OS2/c1-13(12-33-3)23-19(15-9-5-7-11-17(15)35-23)21-20(24(27,28)26(31,32)25(21,29)30)18-14-8-4-6-10-16(14)34-22(18,23)2/h4-11,13H,12H2,1-3H3/t13-,22-,23-/m1/s1. The number of fused-ring (bicyclic) bond motifs is 8. The lowest BCUT2D eigenvalue weighted by Crippen LogP contribution is -2.54. The fourth-order valence-electron chi connectivity index (χ4n) is 6.34. The van der Waals surface area contributed by atoms with Crippen molar-refractivity contribution >= 4 is 34.7 Å². The average Bonchev–Trinajstić information content (AvgIpc) is 3.34. The molecule has 0 spiro atoms. The first-order valence-electron chi connectivity index (χ1n) is 11.1. The number of benzene rings is 2. The molecule has 2 aromatic carbocycles. The quantitative estimate of drug-likeness (QED) is 0.378. The van der Waals surface area contributed by atoms with Gasteiger partial charge < -0.3 is 4.74 Å². The molecule has 2 aliphatic carbocycles. The van der Waals surface area contributed by atoms with Gasteiger partial charge in [0, 0.05) is 34.0 Å². The maximum absolute atomic E-state index is 15.7. The number of halogens is 6. The Balaban J connectivity index is 1.86. The molecule has 4 aliphatic rings. The lowest BCUT2D eigenvalue weighted by Gasteiger charge is -2.52. The van der Waals surface area contributed by atoms with Crippen molar-refractivity contribution < 1.29 is 31.1 Å². The number of rotatable bonds is 3. The van der Waals surface area contributed by atoms with Crippen molar-refractivity contribution in [1.82, 2.24) is 0 Å². The number of thioether (sulfide) groups is 2. The van der Waals surface area contributed by atoms with Crippen molar-refractivity contribution in [3.05, 3.63) is 70.8 Å². The summed E-state index contributed by atoms with van der Waals surface area (Å²) in [5.74, 6) is -16.2. The van der Waals surface area contributed by atoms with Gasteiger partial charge in [-0.15, -0.1) is 23.5 Å². The molecule has 2 aliphatic heterocycles. The average molecular weight is 527 g/mol. The Hall–Kier alpha value is -1.84. The van der Waals surface area contributed by atoms with Gasteiger partial charge in [0.25, 0.3) is 0 Å². The van der Waals surface area contributed by atoms with Crippen molar-refractivity contribution in [2.24, 2.45) is 5.92 Å². The van der Waals surface area contributed by atoms with Crippen molar-refractivity contribution in [2.75, 3.05) is 13.7 Å². The molecule has 0 radical (unpaired) electrons. The number of methoxy groups -OCH3 is 1. The molecule has 35 heavy (non-hydrogen) atoms. The van der Waals surface area contributed by atoms with E-state index in [9.17, 15) is 0 Å². The summed E-state index contributed by atoms with van der Waals surface area (Å²) in [4.78, 5) is 1.21. The molecule has 0 bridgehead atoms. The Kier molecular flexibility index (Phi) is 4.66. The predicted octanol–water partition coefficient (Wildman–Crippen LogP) is 7.82. The molecular weight excluding hydrogens is 506 g/mol. The summed E-state index contributed by atoms with van der Waals surface area (Å²) >= 11 is 2.58. The van der Waals surface area contributed by atoms with E-state index in [-0.39, 0.29) is 17.8 Å². The van der Waals surface area contributed by atoms with E-state index in [1.54, 1.807) is 55.5 Å². The summed E-state index contributed by atoms with van der Waals surface area (Å²) in [5.41, 5.74) is -2.08. The first kappa shape index (κ1) is 23.6. The monoisotopic (exact) mass is 526 g/mol. The van der Waals surface area contributed by atoms with Crippen LogP contribution in [-0.2, 0) is 4.74 Å². The van der Waals surface area contributed by atoms with Crippen LogP contribution in [0.15, 0.2) is 69.5 Å². The minimum Gasteiger partial charge on any atom is -0.384 e. The van der Waals surface area contributed by atoms with Gasteiger partial charge >= 0.3 is 17.8 Å². The maximum atomic E-state index is 15.7. The summed E-state index contributed by atoms with van der Waals surface area (Å²) in [6.45, 7) is 3.67. The zero-order valence-electron chi connectivity index (χ0n) is 18.9. The summed E-state index contributed by atoms with van der Waals surface area (Å²) < 4.78 is 95.6. The van der Waals surface area contributed by atoms with E-state index >= 15 is 26.3 Å². The van der Waals surface area contributed by atoms with Crippen LogP contribution in [0, 0.1) is 5.92 Å². The third-order valence-electron chi connectivity index (χ3n) is 7.73. The highest BCUT2D eigenvalue weighted by molar-refractivity contribution is 8.06. The molecule has 0 saturated heterocycles. The van der Waals surface area contributed by atoms with Crippen LogP contribution in [0.4, 0.5) is 26.3 Å². The van der Waals surface area contributed by atoms with E-state index in [2.05, 4.69) is 0 Å². The Morgan fingerprint density at radius 3 is 1.80 bits per heavy atom. The van der Waals surface area contributed by atoms with Gasteiger partial charge in [-0.2, -0.15) is 26.3 Å². The largest absolute Gasteiger partial charge is 0.384 e. The zero-order valence-corrected chi connectivity index (χ0v) is 20.5. The Bertz CT molecular complexity index is 1350. The summed E-state index contributed by atoms with van der Waals surface area (Å²) in [7, 11) is 1.48. The van der Waals surface area contributed by atoms with Crippen molar-refractivity contribution in [3.8, 4) is 0 Å². The molecule has 1 nitrogen and oxygen atoms in total. The topological polar surface area (TPSA) is 9.23 Å². The Morgan fingerprint density at radius 1 is 0.743 bits per heavy atom. The smallest absolute Gasteiger partial charge is 0.380 e. The molecule has 3 atom stereocenters. The fourth-order valence-corrected chi connectivity index (χ4v) is 9.88. The van der Waals surface area contributed by atoms with E-state index in [0.717, 1.165) is 0 Å². The van der Waals surface area contributed by atoms with Gasteiger partial charge in [-0.25, -0.2) is 0 Å². The maximum Gasteiger partial charge on any atom is 0.380 e. The molecule has 0 unspecified atom stereocenters. The van der Waals surface area contributed by atoms with Crippen LogP contribution in [-0.4, -0.2) is 41.0 Å². The molecule has 1 fully saturated rings. The van der Waals surface area contributed by atoms with E-state index in [1.807, 2.05) is 6.92 Å². The second kappa shape index (κ2) is 6.92. The second-order valence-electron chi connectivity index (χ2n) is 9.54. The lowest BCUT2D eigenvalue weighted by molar-refractivity contribution is -0.257. The van der Waals surface area contributed by atoms with Crippen LogP contribution in [0.25, 0.3) is 11.1 Å². The van der Waals surface area contributed by atoms with Gasteiger partial charge in [-0.3, -0.25) is 0 Å². The number of hydrogen-bond donors (Lipinski definition) is 0. The van der Waals surface area contributed by atoms with E-state index in [0.29, 0.717) is 20.9 Å². The van der Waals surface area contributed by atoms with Crippen molar-refractivity contribution in [1.29, 1.82) is 0 Å². The van der Waals surface area contributed by atoms with Crippen molar-refractivity contribution in [3.63, 3.8) is 0 Å². The fraction of sp³-hybridized carbons (Fsp3) is 0.385. The molecule has 184 valence electrons. The number of alkyl halides is 6. The molecule has 6 rings (SSSR count). The predicted molar refractivity (Wildman–Crippen MR) is 125 cm³/mol. The van der Waals surface area contributed by atoms with Crippen LogP contribution in [0.1, 0.15) is 25.0 Å². The third-order valence-corrected chi connectivity index (χ3v) is 11.3. The SMILES string of the molecule is COC[C@@H](C)[C@@]12Sc3ccccc3C1=C1C(=C3c4ccccc4S[C@]32C)C(F)(F)C(F)(F)C1(F)F. The van der Waals surface area contributed by atoms with Crippen molar-refractivity contribution in [2.45, 2.75) is 50.9 Å². The first-order valence-corrected chi connectivity index (χ1v) is 12.7. The van der Waals surface area contributed by atoms with Gasteiger partial charge in [0.05, 0.1) is 16.1 Å². The Labute approximate surface area is 207 Å². The highest BCUT2D eigenvalue weighted by Gasteiger charge is 2.85. The summed E-state index contributed by atoms with van der Waals surface area (Å²) in [6.07, 6.45) is 0. The minimum atomic E-state index is -5.57. The first-order chi connectivity index (χ1) is 16.4. The zero-order chi connectivity index (χ0) is 25.2. The normalized spacial score (nSPS) is 31.6. The molecule has 0 aromatic heterocycles. The van der Waals surface area contributed by atoms with Crippen LogP contribution in [0.5, 0.6) is 0 Å².